The highest BCUT2D eigenvalue weighted by molar-refractivity contribution is 5.89. The number of furan rings is 1. The summed E-state index contributed by atoms with van der Waals surface area (Å²) in [6, 6.07) is 4.99. The van der Waals surface area contributed by atoms with Crippen LogP contribution in [0.25, 0.3) is 17.0 Å². The molecule has 2 rings (SSSR count). The Morgan fingerprint density at radius 2 is 2.17 bits per heavy atom. The number of hydrogen-bond donors (Lipinski definition) is 1. The van der Waals surface area contributed by atoms with Gasteiger partial charge in [-0.1, -0.05) is 0 Å². The third-order valence-electron chi connectivity index (χ3n) is 2.24. The van der Waals surface area contributed by atoms with Gasteiger partial charge in [0, 0.05) is 30.0 Å². The van der Waals surface area contributed by atoms with E-state index in [1.807, 2.05) is 0 Å². The van der Waals surface area contributed by atoms with Crippen LogP contribution in [0.15, 0.2) is 35.0 Å². The molecule has 0 aliphatic carbocycles. The van der Waals surface area contributed by atoms with E-state index in [9.17, 15) is 9.59 Å². The van der Waals surface area contributed by atoms with E-state index in [1.165, 1.54) is 19.3 Å². The van der Waals surface area contributed by atoms with Gasteiger partial charge in [-0.25, -0.2) is 4.79 Å². The van der Waals surface area contributed by atoms with Crippen LogP contribution in [-0.2, 0) is 9.59 Å². The van der Waals surface area contributed by atoms with Gasteiger partial charge in [0.05, 0.1) is 6.26 Å². The average Bonchev–Trinajstić information content (AvgIpc) is 2.71. The molecule has 5 nitrogen and oxygen atoms in total. The monoisotopic (exact) mass is 246 g/mol. The zero-order valence-electron chi connectivity index (χ0n) is 9.54. The number of rotatable bonds is 3. The van der Waals surface area contributed by atoms with Crippen molar-refractivity contribution in [3.8, 4) is 5.75 Å². The Morgan fingerprint density at radius 3 is 2.83 bits per heavy atom. The Morgan fingerprint density at radius 1 is 1.39 bits per heavy atom. The lowest BCUT2D eigenvalue weighted by molar-refractivity contribution is -0.132. The van der Waals surface area contributed by atoms with Gasteiger partial charge in [-0.2, -0.15) is 0 Å². The zero-order valence-corrected chi connectivity index (χ0v) is 9.54. The quantitative estimate of drug-likeness (QED) is 0.511. The molecule has 0 bridgehead atoms. The number of carboxylic acid groups (broad SMARTS) is 1. The largest absolute Gasteiger partial charge is 0.478 e. The number of carbonyl (C=O) groups is 2. The lowest BCUT2D eigenvalue weighted by atomic mass is 10.1. The molecular weight excluding hydrogens is 236 g/mol. The van der Waals surface area contributed by atoms with Gasteiger partial charge in [0.15, 0.2) is 0 Å². The van der Waals surface area contributed by atoms with Crippen molar-refractivity contribution in [3.63, 3.8) is 0 Å². The minimum absolute atomic E-state index is 0.266. The lowest BCUT2D eigenvalue weighted by Crippen LogP contribution is -2.02. The molecule has 0 aliphatic rings. The molecule has 1 N–H and O–H groups in total. The molecule has 0 atom stereocenters. The minimum atomic E-state index is -1.07. The van der Waals surface area contributed by atoms with E-state index in [4.69, 9.17) is 14.3 Å². The van der Waals surface area contributed by atoms with E-state index in [1.54, 1.807) is 18.2 Å². The van der Waals surface area contributed by atoms with Gasteiger partial charge in [0.2, 0.25) is 0 Å². The third kappa shape index (κ3) is 2.57. The van der Waals surface area contributed by atoms with E-state index in [0.29, 0.717) is 11.1 Å². The van der Waals surface area contributed by atoms with Crippen molar-refractivity contribution in [2.24, 2.45) is 0 Å². The van der Waals surface area contributed by atoms with Gasteiger partial charge < -0.3 is 14.3 Å². The molecule has 0 unspecified atom stereocenters. The maximum absolute atomic E-state index is 11.0. The summed E-state index contributed by atoms with van der Waals surface area (Å²) in [5.74, 6) is -1.29. The first-order valence-corrected chi connectivity index (χ1v) is 5.17. The predicted octanol–water partition coefficient (Wildman–Crippen LogP) is 2.46. The van der Waals surface area contributed by atoms with Crippen LogP contribution in [0.1, 0.15) is 12.5 Å². The maximum atomic E-state index is 11.0. The first-order chi connectivity index (χ1) is 8.56. The first-order valence-electron chi connectivity index (χ1n) is 5.17. The molecule has 0 radical (unpaired) electrons. The van der Waals surface area contributed by atoms with Crippen LogP contribution >= 0.6 is 0 Å². The standard InChI is InChI=1S/C13H10O5/c1-8(14)18-12-7-11-10(4-5-17-11)6-9(12)2-3-13(15)16/h2-7H,1H3,(H,15,16)/b3-2+. The van der Waals surface area contributed by atoms with Crippen molar-refractivity contribution < 1.29 is 23.8 Å². The van der Waals surface area contributed by atoms with Crippen LogP contribution in [0.3, 0.4) is 0 Å². The Bertz CT molecular complexity index is 636. The molecule has 18 heavy (non-hydrogen) atoms. The predicted molar refractivity (Wildman–Crippen MR) is 64.2 cm³/mol. The van der Waals surface area contributed by atoms with Gasteiger partial charge >= 0.3 is 11.9 Å². The van der Waals surface area contributed by atoms with Crippen LogP contribution in [0.4, 0.5) is 0 Å². The number of carbonyl (C=O) groups excluding carboxylic acids is 1. The average molecular weight is 246 g/mol. The summed E-state index contributed by atoms with van der Waals surface area (Å²) in [5.41, 5.74) is 1.07. The number of carboxylic acids is 1. The summed E-state index contributed by atoms with van der Waals surface area (Å²) < 4.78 is 10.2. The van der Waals surface area contributed by atoms with Crippen molar-refractivity contribution in [2.75, 3.05) is 0 Å². The van der Waals surface area contributed by atoms with E-state index in [2.05, 4.69) is 0 Å². The van der Waals surface area contributed by atoms with Gasteiger partial charge in [0.1, 0.15) is 11.3 Å². The molecule has 1 aromatic heterocycles. The maximum Gasteiger partial charge on any atom is 0.328 e. The summed E-state index contributed by atoms with van der Waals surface area (Å²) in [6.07, 6.45) is 3.86. The van der Waals surface area contributed by atoms with Crippen LogP contribution < -0.4 is 4.74 Å². The molecule has 0 aliphatic heterocycles. The highest BCUT2D eigenvalue weighted by Crippen LogP contribution is 2.28. The summed E-state index contributed by atoms with van der Waals surface area (Å²) in [5, 5.41) is 9.41. The third-order valence-corrected chi connectivity index (χ3v) is 2.24. The van der Waals surface area contributed by atoms with E-state index in [-0.39, 0.29) is 5.75 Å². The fourth-order valence-corrected chi connectivity index (χ4v) is 1.54. The molecule has 1 aromatic carbocycles. The Balaban J connectivity index is 2.51. The fourth-order valence-electron chi connectivity index (χ4n) is 1.54. The molecule has 0 amide bonds. The number of aliphatic carboxylic acids is 1. The molecule has 0 saturated carbocycles. The normalized spacial score (nSPS) is 10.9. The van der Waals surface area contributed by atoms with Crippen molar-refractivity contribution in [3.05, 3.63) is 36.1 Å². The Kier molecular flexibility index (Phi) is 3.14. The number of esters is 1. The van der Waals surface area contributed by atoms with Crippen molar-refractivity contribution in [1.29, 1.82) is 0 Å². The molecule has 5 heteroatoms. The second-order valence-corrected chi connectivity index (χ2v) is 3.61. The SMILES string of the molecule is CC(=O)Oc1cc2occc2cc1/C=C/C(=O)O. The van der Waals surface area contributed by atoms with Crippen LogP contribution in [0, 0.1) is 0 Å². The lowest BCUT2D eigenvalue weighted by Gasteiger charge is -2.05. The van der Waals surface area contributed by atoms with Gasteiger partial charge in [-0.3, -0.25) is 4.79 Å². The van der Waals surface area contributed by atoms with Crippen LogP contribution in [0.5, 0.6) is 5.75 Å². The molecule has 0 fully saturated rings. The topological polar surface area (TPSA) is 76.7 Å². The van der Waals surface area contributed by atoms with Gasteiger partial charge in [0.25, 0.3) is 0 Å². The second kappa shape index (κ2) is 4.75. The highest BCUT2D eigenvalue weighted by atomic mass is 16.5. The Labute approximate surface area is 102 Å². The van der Waals surface area contributed by atoms with Gasteiger partial charge in [-0.15, -0.1) is 0 Å². The molecule has 0 saturated heterocycles. The molecule has 92 valence electrons. The highest BCUT2D eigenvalue weighted by Gasteiger charge is 2.08. The first kappa shape index (κ1) is 11.9. The molecule has 1 heterocycles. The number of benzene rings is 1. The molecule has 0 spiro atoms. The summed E-state index contributed by atoms with van der Waals surface area (Å²) in [6.45, 7) is 1.27. The van der Waals surface area contributed by atoms with Crippen molar-refractivity contribution in [1.82, 2.24) is 0 Å². The Hall–Kier alpha value is -2.56. The smallest absolute Gasteiger partial charge is 0.328 e. The van der Waals surface area contributed by atoms with Crippen LogP contribution in [-0.4, -0.2) is 17.0 Å². The summed E-state index contributed by atoms with van der Waals surface area (Å²) in [7, 11) is 0. The molecule has 2 aromatic rings. The van der Waals surface area contributed by atoms with Gasteiger partial charge in [-0.05, 0) is 18.2 Å². The van der Waals surface area contributed by atoms with E-state index in [0.717, 1.165) is 11.5 Å². The molecular formula is C13H10O5. The fraction of sp³-hybridized carbons (Fsp3) is 0.0769. The summed E-state index contributed by atoms with van der Waals surface area (Å²) in [4.78, 5) is 21.5. The van der Waals surface area contributed by atoms with Crippen molar-refractivity contribution in [2.45, 2.75) is 6.92 Å². The number of ether oxygens (including phenoxy) is 1. The zero-order chi connectivity index (χ0) is 13.1. The second-order valence-electron chi connectivity index (χ2n) is 3.61. The van der Waals surface area contributed by atoms with Crippen LogP contribution in [0.2, 0.25) is 0 Å². The van der Waals surface area contributed by atoms with E-state index >= 15 is 0 Å². The number of hydrogen-bond acceptors (Lipinski definition) is 4. The number of fused-ring (bicyclic) bond motifs is 1. The summed E-state index contributed by atoms with van der Waals surface area (Å²) >= 11 is 0. The van der Waals surface area contributed by atoms with E-state index < -0.39 is 11.9 Å². The van der Waals surface area contributed by atoms with Crippen molar-refractivity contribution >= 4 is 29.0 Å². The minimum Gasteiger partial charge on any atom is -0.478 e.